The molecule has 1 N–H and O–H groups in total. The molecular formula is C16H20N2O3. The summed E-state index contributed by atoms with van der Waals surface area (Å²) in [6.45, 7) is 7.69. The highest BCUT2D eigenvalue weighted by Gasteiger charge is 2.27. The van der Waals surface area contributed by atoms with Gasteiger partial charge >= 0.3 is 5.97 Å². The zero-order valence-corrected chi connectivity index (χ0v) is 13.0. The van der Waals surface area contributed by atoms with Gasteiger partial charge in [-0.05, 0) is 45.4 Å². The molecule has 0 saturated carbocycles. The lowest BCUT2D eigenvalue weighted by molar-refractivity contribution is -0.138. The minimum atomic E-state index is -0.541. The number of ether oxygens (including phenoxy) is 1. The van der Waals surface area contributed by atoms with Crippen LogP contribution in [0.1, 0.15) is 30.8 Å². The van der Waals surface area contributed by atoms with Crippen molar-refractivity contribution in [3.05, 3.63) is 40.0 Å². The van der Waals surface area contributed by atoms with E-state index in [0.717, 1.165) is 17.0 Å². The lowest BCUT2D eigenvalue weighted by atomic mass is 10.1. The number of aliphatic hydroxyl groups excluding tert-OH is 1. The number of aliphatic imine (C=N–C) groups is 1. The number of carbonyl (C=O) groups is 1. The lowest BCUT2D eigenvalue weighted by Gasteiger charge is -2.03. The predicted octanol–water partition coefficient (Wildman–Crippen LogP) is 2.83. The molecule has 0 saturated heterocycles. The molecule has 0 aromatic carbocycles. The van der Waals surface area contributed by atoms with Crippen molar-refractivity contribution in [3.63, 3.8) is 0 Å². The summed E-state index contributed by atoms with van der Waals surface area (Å²) in [7, 11) is 1.98. The van der Waals surface area contributed by atoms with Gasteiger partial charge in [-0.1, -0.05) is 0 Å². The maximum atomic E-state index is 11.8. The van der Waals surface area contributed by atoms with Crippen LogP contribution in [0.2, 0.25) is 0 Å². The van der Waals surface area contributed by atoms with E-state index >= 15 is 0 Å². The fraction of sp³-hybridized carbons (Fsp3) is 0.375. The van der Waals surface area contributed by atoms with Crippen LogP contribution in [0.4, 0.5) is 0 Å². The fourth-order valence-corrected chi connectivity index (χ4v) is 2.32. The Morgan fingerprint density at radius 2 is 2.10 bits per heavy atom. The topological polar surface area (TPSA) is 63.8 Å². The molecule has 0 atom stereocenters. The molecule has 21 heavy (non-hydrogen) atoms. The van der Waals surface area contributed by atoms with Crippen molar-refractivity contribution in [2.24, 2.45) is 12.0 Å². The van der Waals surface area contributed by atoms with Gasteiger partial charge in [-0.3, -0.25) is 0 Å². The molecule has 0 unspecified atom stereocenters. The Morgan fingerprint density at radius 1 is 1.43 bits per heavy atom. The zero-order valence-electron chi connectivity index (χ0n) is 13.0. The van der Waals surface area contributed by atoms with Crippen LogP contribution < -0.4 is 0 Å². The Bertz CT molecular complexity index is 691. The van der Waals surface area contributed by atoms with Crippen LogP contribution >= 0.6 is 0 Å². The molecule has 5 heteroatoms. The second-order valence-corrected chi connectivity index (χ2v) is 5.06. The maximum absolute atomic E-state index is 11.8. The van der Waals surface area contributed by atoms with Crippen LogP contribution in [0, 0.1) is 13.8 Å². The van der Waals surface area contributed by atoms with Crippen LogP contribution in [0.15, 0.2) is 28.1 Å². The van der Waals surface area contributed by atoms with Crippen LogP contribution in [0.25, 0.3) is 6.08 Å². The van der Waals surface area contributed by atoms with Crippen molar-refractivity contribution in [3.8, 4) is 0 Å². The Labute approximate surface area is 124 Å². The number of carbonyl (C=O) groups excluding carboxylic acids is 1. The van der Waals surface area contributed by atoms with Gasteiger partial charge in [-0.15, -0.1) is 0 Å². The maximum Gasteiger partial charge on any atom is 0.343 e. The van der Waals surface area contributed by atoms with Gasteiger partial charge in [0.25, 0.3) is 0 Å². The first-order valence-corrected chi connectivity index (χ1v) is 6.87. The summed E-state index contributed by atoms with van der Waals surface area (Å²) in [6, 6.07) is 2.02. The van der Waals surface area contributed by atoms with E-state index in [1.54, 1.807) is 19.9 Å². The van der Waals surface area contributed by atoms with Crippen molar-refractivity contribution in [2.75, 3.05) is 6.61 Å². The summed E-state index contributed by atoms with van der Waals surface area (Å²) >= 11 is 0. The molecule has 5 nitrogen and oxygen atoms in total. The summed E-state index contributed by atoms with van der Waals surface area (Å²) in [5.74, 6) is -0.660. The lowest BCUT2D eigenvalue weighted by Crippen LogP contribution is -2.13. The SMILES string of the molecule is CCOC(=O)C1=C(O)/C(=C\c2cc(C)n(C)c2C)N=C1C. The molecule has 0 spiro atoms. The number of aromatic nitrogens is 1. The first kappa shape index (κ1) is 15.1. The molecule has 0 bridgehead atoms. The van der Waals surface area contributed by atoms with Crippen LogP contribution in [-0.4, -0.2) is 28.0 Å². The van der Waals surface area contributed by atoms with Crippen LogP contribution in [-0.2, 0) is 16.6 Å². The van der Waals surface area contributed by atoms with Crippen molar-refractivity contribution >= 4 is 17.8 Å². The first-order valence-electron chi connectivity index (χ1n) is 6.87. The van der Waals surface area contributed by atoms with Gasteiger partial charge in [0.15, 0.2) is 5.76 Å². The summed E-state index contributed by atoms with van der Waals surface area (Å²) in [5.41, 5.74) is 4.18. The van der Waals surface area contributed by atoms with E-state index in [1.807, 2.05) is 27.0 Å². The number of rotatable bonds is 3. The number of nitrogens with zero attached hydrogens (tertiary/aromatic N) is 2. The molecule has 0 amide bonds. The van der Waals surface area contributed by atoms with Gasteiger partial charge in [-0.2, -0.15) is 0 Å². The van der Waals surface area contributed by atoms with E-state index in [0.29, 0.717) is 11.4 Å². The number of hydrogen-bond acceptors (Lipinski definition) is 4. The molecule has 0 radical (unpaired) electrons. The fourth-order valence-electron chi connectivity index (χ4n) is 2.32. The van der Waals surface area contributed by atoms with Gasteiger partial charge in [0, 0.05) is 18.4 Å². The van der Waals surface area contributed by atoms with Gasteiger partial charge in [-0.25, -0.2) is 9.79 Å². The average molecular weight is 288 g/mol. The molecule has 1 aliphatic rings. The second-order valence-electron chi connectivity index (χ2n) is 5.06. The first-order chi connectivity index (χ1) is 9.86. The van der Waals surface area contributed by atoms with Crippen LogP contribution in [0.5, 0.6) is 0 Å². The minimum Gasteiger partial charge on any atom is -0.505 e. The van der Waals surface area contributed by atoms with Crippen LogP contribution in [0.3, 0.4) is 0 Å². The molecule has 112 valence electrons. The highest BCUT2D eigenvalue weighted by atomic mass is 16.5. The van der Waals surface area contributed by atoms with Crippen molar-refractivity contribution in [1.29, 1.82) is 0 Å². The summed E-state index contributed by atoms with van der Waals surface area (Å²) in [4.78, 5) is 16.1. The van der Waals surface area contributed by atoms with Gasteiger partial charge in [0.05, 0.1) is 12.3 Å². The molecule has 2 heterocycles. The molecule has 1 aliphatic heterocycles. The largest absolute Gasteiger partial charge is 0.505 e. The van der Waals surface area contributed by atoms with Gasteiger partial charge in [0.2, 0.25) is 0 Å². The highest BCUT2D eigenvalue weighted by Crippen LogP contribution is 2.27. The smallest absolute Gasteiger partial charge is 0.343 e. The highest BCUT2D eigenvalue weighted by molar-refractivity contribution is 6.22. The van der Waals surface area contributed by atoms with E-state index in [4.69, 9.17) is 4.74 Å². The van der Waals surface area contributed by atoms with E-state index in [2.05, 4.69) is 9.56 Å². The second kappa shape index (κ2) is 5.60. The zero-order chi connectivity index (χ0) is 15.7. The molecule has 1 aromatic heterocycles. The summed E-state index contributed by atoms with van der Waals surface area (Å²) in [6.07, 6.45) is 1.79. The van der Waals surface area contributed by atoms with Crippen molar-refractivity contribution < 1.29 is 14.6 Å². The number of aliphatic hydroxyl groups is 1. The summed E-state index contributed by atoms with van der Waals surface area (Å²) in [5, 5.41) is 10.2. The quantitative estimate of drug-likeness (QED) is 0.870. The Morgan fingerprint density at radius 3 is 2.62 bits per heavy atom. The third-order valence-corrected chi connectivity index (χ3v) is 3.72. The number of aryl methyl sites for hydroxylation is 1. The Balaban J connectivity index is 2.44. The molecular weight excluding hydrogens is 268 g/mol. The Kier molecular flexibility index (Phi) is 4.02. The van der Waals surface area contributed by atoms with E-state index in [-0.39, 0.29) is 17.9 Å². The van der Waals surface area contributed by atoms with E-state index < -0.39 is 5.97 Å². The Hall–Kier alpha value is -2.30. The van der Waals surface area contributed by atoms with E-state index in [9.17, 15) is 9.90 Å². The minimum absolute atomic E-state index is 0.119. The molecule has 1 aromatic rings. The molecule has 0 fully saturated rings. The normalized spacial score (nSPS) is 16.6. The van der Waals surface area contributed by atoms with Gasteiger partial charge < -0.3 is 14.4 Å². The summed E-state index contributed by atoms with van der Waals surface area (Å²) < 4.78 is 7.00. The number of hydrogen-bond donors (Lipinski definition) is 1. The molecule has 0 aliphatic carbocycles. The third kappa shape index (κ3) is 2.63. The van der Waals surface area contributed by atoms with E-state index in [1.165, 1.54) is 0 Å². The van der Waals surface area contributed by atoms with Crippen molar-refractivity contribution in [2.45, 2.75) is 27.7 Å². The average Bonchev–Trinajstić information content (AvgIpc) is 2.82. The van der Waals surface area contributed by atoms with Crippen molar-refractivity contribution in [1.82, 2.24) is 4.57 Å². The number of esters is 1. The third-order valence-electron chi connectivity index (χ3n) is 3.72. The standard InChI is InChI=1S/C16H20N2O3/c1-6-21-16(20)14-10(3)17-13(15(14)19)8-12-7-9(2)18(5)11(12)4/h7-8,19H,6H2,1-5H3/b13-8+. The predicted molar refractivity (Wildman–Crippen MR) is 82.3 cm³/mol. The molecule has 2 rings (SSSR count). The van der Waals surface area contributed by atoms with Gasteiger partial charge in [0.1, 0.15) is 11.3 Å². The monoisotopic (exact) mass is 288 g/mol.